The fraction of sp³-hybridized carbons (Fsp3) is 1.00. The van der Waals surface area contributed by atoms with E-state index >= 15 is 0 Å². The van der Waals surface area contributed by atoms with Gasteiger partial charge in [-0.15, -0.1) is 0 Å². The number of likely N-dealkylation sites (tertiary alicyclic amines) is 2. The van der Waals surface area contributed by atoms with E-state index in [0.717, 1.165) is 25.9 Å². The van der Waals surface area contributed by atoms with Crippen LogP contribution in [0.1, 0.15) is 40.5 Å². The van der Waals surface area contributed by atoms with Crippen LogP contribution in [-0.4, -0.2) is 61.4 Å². The zero-order valence-corrected chi connectivity index (χ0v) is 12.6. The van der Waals surface area contributed by atoms with E-state index in [0.29, 0.717) is 19.1 Å². The highest BCUT2D eigenvalue weighted by molar-refractivity contribution is 4.81. The molecule has 18 heavy (non-hydrogen) atoms. The van der Waals surface area contributed by atoms with Crippen molar-refractivity contribution >= 4 is 0 Å². The van der Waals surface area contributed by atoms with Crippen LogP contribution in [-0.2, 0) is 0 Å². The Morgan fingerprint density at radius 2 is 1.39 bits per heavy atom. The van der Waals surface area contributed by atoms with Crippen LogP contribution in [0.25, 0.3) is 0 Å². The van der Waals surface area contributed by atoms with Gasteiger partial charge in [-0.2, -0.15) is 0 Å². The SMILES string of the molecule is CC.CC(C)N1CC(F)C1.CN1CCC(F)CC1. The Morgan fingerprint density at radius 1 is 0.944 bits per heavy atom. The van der Waals surface area contributed by atoms with Gasteiger partial charge in [-0.25, -0.2) is 8.78 Å². The molecule has 0 aromatic carbocycles. The van der Waals surface area contributed by atoms with E-state index in [2.05, 4.69) is 23.6 Å². The van der Waals surface area contributed by atoms with Crippen LogP contribution in [0.3, 0.4) is 0 Å². The van der Waals surface area contributed by atoms with Gasteiger partial charge in [0.15, 0.2) is 0 Å². The second-order valence-electron chi connectivity index (χ2n) is 5.12. The molecule has 0 aromatic heterocycles. The lowest BCUT2D eigenvalue weighted by molar-refractivity contribution is 0.0398. The van der Waals surface area contributed by atoms with E-state index in [1.54, 1.807) is 0 Å². The molecule has 110 valence electrons. The van der Waals surface area contributed by atoms with Gasteiger partial charge in [0.1, 0.15) is 12.3 Å². The number of rotatable bonds is 1. The first-order chi connectivity index (χ1) is 8.49. The Morgan fingerprint density at radius 3 is 1.61 bits per heavy atom. The molecule has 2 fully saturated rings. The minimum atomic E-state index is -0.544. The van der Waals surface area contributed by atoms with Crippen molar-refractivity contribution in [2.24, 2.45) is 0 Å². The number of hydrogen-bond acceptors (Lipinski definition) is 2. The van der Waals surface area contributed by atoms with Gasteiger partial charge < -0.3 is 4.90 Å². The van der Waals surface area contributed by atoms with Gasteiger partial charge in [-0.3, -0.25) is 4.90 Å². The zero-order valence-electron chi connectivity index (χ0n) is 12.6. The van der Waals surface area contributed by atoms with Gasteiger partial charge in [-0.1, -0.05) is 13.8 Å². The lowest BCUT2D eigenvalue weighted by Crippen LogP contribution is -2.51. The molecule has 4 heteroatoms. The van der Waals surface area contributed by atoms with Gasteiger partial charge in [0.2, 0.25) is 0 Å². The number of alkyl halides is 2. The quantitative estimate of drug-likeness (QED) is 0.718. The maximum Gasteiger partial charge on any atom is 0.125 e. The average molecular weight is 264 g/mol. The summed E-state index contributed by atoms with van der Waals surface area (Å²) in [6.07, 6.45) is 0.399. The summed E-state index contributed by atoms with van der Waals surface area (Å²) in [5.41, 5.74) is 0. The first-order valence-corrected chi connectivity index (χ1v) is 7.19. The summed E-state index contributed by atoms with van der Waals surface area (Å²) >= 11 is 0. The third kappa shape index (κ3) is 7.27. The Bertz CT molecular complexity index is 176. The highest BCUT2D eigenvalue weighted by Crippen LogP contribution is 2.13. The number of nitrogens with zero attached hydrogens (tertiary/aromatic N) is 2. The van der Waals surface area contributed by atoms with Crippen molar-refractivity contribution in [1.29, 1.82) is 0 Å². The first kappa shape index (κ1) is 17.8. The lowest BCUT2D eigenvalue weighted by atomic mass is 10.1. The third-order valence-electron chi connectivity index (χ3n) is 3.24. The Hall–Kier alpha value is -0.220. The van der Waals surface area contributed by atoms with E-state index in [9.17, 15) is 8.78 Å². The molecule has 0 aliphatic carbocycles. The summed E-state index contributed by atoms with van der Waals surface area (Å²) in [4.78, 5) is 4.28. The molecule has 0 aromatic rings. The van der Waals surface area contributed by atoms with Gasteiger partial charge in [0, 0.05) is 32.2 Å². The molecular formula is C14H30F2N2. The fourth-order valence-electron chi connectivity index (χ4n) is 1.85. The van der Waals surface area contributed by atoms with Gasteiger partial charge in [0.25, 0.3) is 0 Å². The fourth-order valence-corrected chi connectivity index (χ4v) is 1.85. The van der Waals surface area contributed by atoms with Crippen molar-refractivity contribution in [3.63, 3.8) is 0 Å². The van der Waals surface area contributed by atoms with Crippen LogP contribution in [0.5, 0.6) is 0 Å². The van der Waals surface area contributed by atoms with Crippen molar-refractivity contribution in [2.45, 2.75) is 58.9 Å². The molecule has 2 aliphatic heterocycles. The minimum Gasteiger partial charge on any atom is -0.306 e. The first-order valence-electron chi connectivity index (χ1n) is 7.19. The van der Waals surface area contributed by atoms with E-state index in [1.807, 2.05) is 20.9 Å². The van der Waals surface area contributed by atoms with Crippen molar-refractivity contribution < 1.29 is 8.78 Å². The topological polar surface area (TPSA) is 6.48 Å². The number of hydrogen-bond donors (Lipinski definition) is 0. The van der Waals surface area contributed by atoms with Crippen LogP contribution in [0.15, 0.2) is 0 Å². The van der Waals surface area contributed by atoms with Gasteiger partial charge >= 0.3 is 0 Å². The third-order valence-corrected chi connectivity index (χ3v) is 3.24. The molecule has 0 amide bonds. The summed E-state index contributed by atoms with van der Waals surface area (Å²) < 4.78 is 24.4. The molecule has 2 rings (SSSR count). The molecule has 0 saturated carbocycles. The number of halogens is 2. The molecule has 0 unspecified atom stereocenters. The predicted octanol–water partition coefficient (Wildman–Crippen LogP) is 3.12. The minimum absolute atomic E-state index is 0.522. The molecule has 2 heterocycles. The molecule has 0 radical (unpaired) electrons. The van der Waals surface area contributed by atoms with Crippen LogP contribution in [0.4, 0.5) is 8.78 Å². The summed E-state index contributed by atoms with van der Waals surface area (Å²) in [6, 6.07) is 0.530. The molecule has 2 nitrogen and oxygen atoms in total. The summed E-state index contributed by atoms with van der Waals surface area (Å²) in [5, 5.41) is 0. The molecule has 0 N–H and O–H groups in total. The Balaban J connectivity index is 0.000000283. The average Bonchev–Trinajstić information content (AvgIpc) is 2.32. The van der Waals surface area contributed by atoms with E-state index in [4.69, 9.17) is 0 Å². The highest BCUT2D eigenvalue weighted by atomic mass is 19.1. The van der Waals surface area contributed by atoms with E-state index in [1.165, 1.54) is 0 Å². The van der Waals surface area contributed by atoms with E-state index < -0.39 is 12.3 Å². The largest absolute Gasteiger partial charge is 0.306 e. The normalized spacial score (nSPS) is 22.7. The summed E-state index contributed by atoms with van der Waals surface area (Å²) in [7, 11) is 2.03. The van der Waals surface area contributed by atoms with Crippen LogP contribution < -0.4 is 0 Å². The molecule has 0 spiro atoms. The summed E-state index contributed by atoms with van der Waals surface area (Å²) in [6.45, 7) is 11.3. The molecule has 0 bridgehead atoms. The Labute approximate surface area is 111 Å². The maximum absolute atomic E-state index is 12.3. The molecule has 0 atom stereocenters. The summed E-state index contributed by atoms with van der Waals surface area (Å²) in [5.74, 6) is 0. The molecule has 2 aliphatic rings. The zero-order chi connectivity index (χ0) is 14.1. The van der Waals surface area contributed by atoms with Crippen LogP contribution >= 0.6 is 0 Å². The molecular weight excluding hydrogens is 234 g/mol. The predicted molar refractivity (Wildman–Crippen MR) is 74.6 cm³/mol. The van der Waals surface area contributed by atoms with Crippen molar-refractivity contribution in [3.8, 4) is 0 Å². The Kier molecular flexibility index (Phi) is 9.56. The van der Waals surface area contributed by atoms with Gasteiger partial charge in [-0.05, 0) is 33.7 Å². The lowest BCUT2D eigenvalue weighted by Gasteiger charge is -2.37. The monoisotopic (exact) mass is 264 g/mol. The van der Waals surface area contributed by atoms with Crippen molar-refractivity contribution in [1.82, 2.24) is 9.80 Å². The standard InChI is InChI=1S/2C6H12FN.C2H6/c1-5(2)8-3-6(7)4-8;1-8-4-2-6(7)3-5-8;1-2/h5-6H,3-4H2,1-2H3;6H,2-5H2,1H3;1-2H3. The van der Waals surface area contributed by atoms with Crippen LogP contribution in [0.2, 0.25) is 0 Å². The van der Waals surface area contributed by atoms with Crippen LogP contribution in [0, 0.1) is 0 Å². The smallest absolute Gasteiger partial charge is 0.125 e. The van der Waals surface area contributed by atoms with E-state index in [-0.39, 0.29) is 0 Å². The second kappa shape index (κ2) is 9.68. The second-order valence-corrected chi connectivity index (χ2v) is 5.12. The molecule has 2 saturated heterocycles. The highest BCUT2D eigenvalue weighted by Gasteiger charge is 2.27. The maximum atomic E-state index is 12.3. The van der Waals surface area contributed by atoms with Gasteiger partial charge in [0.05, 0.1) is 0 Å². The van der Waals surface area contributed by atoms with Crippen molar-refractivity contribution in [2.75, 3.05) is 33.2 Å². The van der Waals surface area contributed by atoms with Crippen molar-refractivity contribution in [3.05, 3.63) is 0 Å². The number of piperidine rings is 1.